The number of hydrogen-bond acceptors (Lipinski definition) is 4. The van der Waals surface area contributed by atoms with Gasteiger partial charge in [0.05, 0.1) is 12.2 Å². The van der Waals surface area contributed by atoms with E-state index in [2.05, 4.69) is 0 Å². The number of fused-ring (bicyclic) bond motifs is 1. The molecule has 1 saturated heterocycles. The highest BCUT2D eigenvalue weighted by Gasteiger charge is 2.52. The van der Waals surface area contributed by atoms with E-state index in [4.69, 9.17) is 9.47 Å². The molecule has 1 heterocycles. The molecule has 4 atom stereocenters. The van der Waals surface area contributed by atoms with Crippen molar-refractivity contribution < 1.29 is 19.4 Å². The molecule has 0 bridgehead atoms. The highest BCUT2D eigenvalue weighted by atomic mass is 16.8. The Labute approximate surface area is 76.8 Å². The molecule has 1 saturated carbocycles. The van der Waals surface area contributed by atoms with Gasteiger partial charge in [0, 0.05) is 5.92 Å². The fourth-order valence-electron chi connectivity index (χ4n) is 2.12. The molecule has 2 fully saturated rings. The molecule has 0 unspecified atom stereocenters. The molecule has 1 N–H and O–H groups in total. The van der Waals surface area contributed by atoms with E-state index in [0.717, 1.165) is 6.29 Å². The van der Waals surface area contributed by atoms with E-state index in [1.807, 2.05) is 13.8 Å². The van der Waals surface area contributed by atoms with Crippen molar-refractivity contribution in [1.29, 1.82) is 0 Å². The van der Waals surface area contributed by atoms with Crippen molar-refractivity contribution in [2.45, 2.75) is 44.4 Å². The number of carbonyl (C=O) groups excluding carboxylic acids is 1. The van der Waals surface area contributed by atoms with Gasteiger partial charge in [-0.15, -0.1) is 0 Å². The van der Waals surface area contributed by atoms with E-state index in [9.17, 15) is 9.90 Å². The summed E-state index contributed by atoms with van der Waals surface area (Å²) in [5, 5.41) is 9.66. The maximum atomic E-state index is 10.5. The first kappa shape index (κ1) is 9.12. The topological polar surface area (TPSA) is 55.8 Å². The van der Waals surface area contributed by atoms with Crippen LogP contribution in [0.15, 0.2) is 0 Å². The van der Waals surface area contributed by atoms with E-state index in [1.54, 1.807) is 0 Å². The molecule has 0 amide bonds. The molecule has 0 spiro atoms. The maximum Gasteiger partial charge on any atom is 0.163 e. The summed E-state index contributed by atoms with van der Waals surface area (Å²) in [5.74, 6) is -0.949. The van der Waals surface area contributed by atoms with Crippen LogP contribution in [0.3, 0.4) is 0 Å². The van der Waals surface area contributed by atoms with Crippen LogP contribution in [0.5, 0.6) is 0 Å². The van der Waals surface area contributed by atoms with Gasteiger partial charge in [-0.1, -0.05) is 0 Å². The van der Waals surface area contributed by atoms with Gasteiger partial charge in [-0.2, -0.15) is 0 Å². The molecule has 0 aromatic carbocycles. The lowest BCUT2D eigenvalue weighted by atomic mass is 10.1. The molecule has 1 aliphatic heterocycles. The Morgan fingerprint density at radius 1 is 1.46 bits per heavy atom. The number of aldehydes is 1. The van der Waals surface area contributed by atoms with Crippen molar-refractivity contribution in [1.82, 2.24) is 0 Å². The average molecular weight is 186 g/mol. The predicted octanol–water partition coefficient (Wildman–Crippen LogP) is 0.0862. The van der Waals surface area contributed by atoms with E-state index >= 15 is 0 Å². The Morgan fingerprint density at radius 3 is 2.69 bits per heavy atom. The van der Waals surface area contributed by atoms with E-state index in [0.29, 0.717) is 6.42 Å². The molecule has 2 rings (SSSR count). The van der Waals surface area contributed by atoms with Gasteiger partial charge in [0.25, 0.3) is 0 Å². The minimum atomic E-state index is -0.704. The van der Waals surface area contributed by atoms with Crippen molar-refractivity contribution >= 4 is 6.29 Å². The van der Waals surface area contributed by atoms with Gasteiger partial charge in [-0.25, -0.2) is 0 Å². The van der Waals surface area contributed by atoms with Gasteiger partial charge in [0.2, 0.25) is 0 Å². The van der Waals surface area contributed by atoms with Crippen LogP contribution >= 0.6 is 0 Å². The lowest BCUT2D eigenvalue weighted by Gasteiger charge is -2.21. The van der Waals surface area contributed by atoms with Crippen LogP contribution in [-0.2, 0) is 14.3 Å². The van der Waals surface area contributed by atoms with Crippen LogP contribution in [0, 0.1) is 5.92 Å². The first-order valence-corrected chi connectivity index (χ1v) is 4.52. The van der Waals surface area contributed by atoms with Crippen molar-refractivity contribution in [3.05, 3.63) is 0 Å². The van der Waals surface area contributed by atoms with Gasteiger partial charge in [0.15, 0.2) is 5.79 Å². The van der Waals surface area contributed by atoms with Crippen molar-refractivity contribution in [3.8, 4) is 0 Å². The summed E-state index contributed by atoms with van der Waals surface area (Å²) in [6.45, 7) is 3.63. The molecule has 13 heavy (non-hydrogen) atoms. The lowest BCUT2D eigenvalue weighted by molar-refractivity contribution is -0.167. The van der Waals surface area contributed by atoms with Crippen LogP contribution in [0.2, 0.25) is 0 Å². The third-order valence-electron chi connectivity index (χ3n) is 2.68. The zero-order chi connectivity index (χ0) is 9.64. The van der Waals surface area contributed by atoms with Gasteiger partial charge in [0.1, 0.15) is 12.4 Å². The molecule has 2 aliphatic rings. The number of ether oxygens (including phenoxy) is 2. The Bertz CT molecular complexity index is 226. The standard InChI is InChI=1S/C9H14O4/c1-9(2)12-6-3-5(4-10)7(11)8(6)13-9/h4-8,11H,3H2,1-2H3/t5-,6+,7+,8+/m1/s1. The number of aliphatic hydroxyl groups excluding tert-OH is 1. The van der Waals surface area contributed by atoms with Crippen LogP contribution in [-0.4, -0.2) is 35.5 Å². The molecule has 0 radical (unpaired) electrons. The Balaban J connectivity index is 2.11. The zero-order valence-corrected chi connectivity index (χ0v) is 7.77. The molecule has 1 aliphatic carbocycles. The van der Waals surface area contributed by atoms with E-state index in [1.165, 1.54) is 0 Å². The van der Waals surface area contributed by atoms with E-state index in [-0.39, 0.29) is 18.1 Å². The molecule has 4 nitrogen and oxygen atoms in total. The van der Waals surface area contributed by atoms with Gasteiger partial charge in [-0.3, -0.25) is 0 Å². The van der Waals surface area contributed by atoms with Crippen LogP contribution in [0.1, 0.15) is 20.3 Å². The minimum Gasteiger partial charge on any atom is -0.390 e. The SMILES string of the molecule is CC1(C)O[C@@H]2[C@@H](O)[C@@H](C=O)C[C@@H]2O1. The Hall–Kier alpha value is -0.450. The number of aliphatic hydroxyl groups is 1. The normalized spacial score (nSPS) is 47.6. The zero-order valence-electron chi connectivity index (χ0n) is 7.77. The number of hydrogen-bond donors (Lipinski definition) is 1. The first-order chi connectivity index (χ1) is 6.03. The predicted molar refractivity (Wildman–Crippen MR) is 44.0 cm³/mol. The molecule has 0 aromatic rings. The largest absolute Gasteiger partial charge is 0.390 e. The lowest BCUT2D eigenvalue weighted by Crippen LogP contribution is -2.32. The highest BCUT2D eigenvalue weighted by molar-refractivity contribution is 5.55. The fourth-order valence-corrected chi connectivity index (χ4v) is 2.12. The molecule has 74 valence electrons. The summed E-state index contributed by atoms with van der Waals surface area (Å²) >= 11 is 0. The third kappa shape index (κ3) is 1.39. The van der Waals surface area contributed by atoms with Crippen LogP contribution in [0.4, 0.5) is 0 Å². The van der Waals surface area contributed by atoms with Crippen molar-refractivity contribution in [2.75, 3.05) is 0 Å². The molecule has 4 heteroatoms. The van der Waals surface area contributed by atoms with Crippen molar-refractivity contribution in [3.63, 3.8) is 0 Å². The number of carbonyl (C=O) groups is 1. The monoisotopic (exact) mass is 186 g/mol. The van der Waals surface area contributed by atoms with Crippen LogP contribution < -0.4 is 0 Å². The summed E-state index contributed by atoms with van der Waals surface area (Å²) in [5.41, 5.74) is 0. The molecule has 0 aromatic heterocycles. The van der Waals surface area contributed by atoms with Gasteiger partial charge >= 0.3 is 0 Å². The summed E-state index contributed by atoms with van der Waals surface area (Å²) in [6.07, 6.45) is 0.191. The summed E-state index contributed by atoms with van der Waals surface area (Å²) < 4.78 is 11.0. The number of rotatable bonds is 1. The second-order valence-electron chi connectivity index (χ2n) is 4.16. The Kier molecular flexibility index (Phi) is 1.94. The molecular formula is C9H14O4. The second-order valence-corrected chi connectivity index (χ2v) is 4.16. The highest BCUT2D eigenvalue weighted by Crippen LogP contribution is 2.40. The quantitative estimate of drug-likeness (QED) is 0.589. The summed E-state index contributed by atoms with van der Waals surface area (Å²) in [4.78, 5) is 10.5. The van der Waals surface area contributed by atoms with Crippen LogP contribution in [0.25, 0.3) is 0 Å². The molecular weight excluding hydrogens is 172 g/mol. The maximum absolute atomic E-state index is 10.5. The van der Waals surface area contributed by atoms with Gasteiger partial charge < -0.3 is 19.4 Å². The minimum absolute atomic E-state index is 0.125. The fraction of sp³-hybridized carbons (Fsp3) is 0.889. The summed E-state index contributed by atoms with van der Waals surface area (Å²) in [7, 11) is 0. The first-order valence-electron chi connectivity index (χ1n) is 4.52. The van der Waals surface area contributed by atoms with Gasteiger partial charge in [-0.05, 0) is 20.3 Å². The third-order valence-corrected chi connectivity index (χ3v) is 2.68. The Morgan fingerprint density at radius 2 is 2.15 bits per heavy atom. The van der Waals surface area contributed by atoms with E-state index < -0.39 is 11.9 Å². The smallest absolute Gasteiger partial charge is 0.163 e. The average Bonchev–Trinajstić information content (AvgIpc) is 2.47. The van der Waals surface area contributed by atoms with Crippen molar-refractivity contribution in [2.24, 2.45) is 5.92 Å². The summed E-state index contributed by atoms with van der Waals surface area (Å²) in [6, 6.07) is 0. The second kappa shape index (κ2) is 2.77.